The third-order valence-electron chi connectivity index (χ3n) is 1.06. The van der Waals surface area contributed by atoms with Crippen molar-refractivity contribution in [3.8, 4) is 0 Å². The van der Waals surface area contributed by atoms with Gasteiger partial charge in [0.2, 0.25) is 5.91 Å². The van der Waals surface area contributed by atoms with E-state index in [1.807, 2.05) is 19.9 Å². The van der Waals surface area contributed by atoms with Crippen LogP contribution in [0.3, 0.4) is 0 Å². The third-order valence-corrected chi connectivity index (χ3v) is 1.06. The van der Waals surface area contributed by atoms with Crippen LogP contribution in [0.2, 0.25) is 0 Å². The third kappa shape index (κ3) is 8.13. The molecule has 0 aromatic heterocycles. The summed E-state index contributed by atoms with van der Waals surface area (Å²) < 4.78 is 0. The smallest absolute Gasteiger partial charge is 0.248 e. The number of hydrogen-bond acceptors (Lipinski definition) is 1. The van der Waals surface area contributed by atoms with E-state index in [1.165, 1.54) is 0 Å². The molecule has 2 nitrogen and oxygen atoms in total. The van der Waals surface area contributed by atoms with Gasteiger partial charge in [-0.05, 0) is 12.1 Å². The molecular formula is C10H16NOY-. The molecule has 1 aromatic rings. The quantitative estimate of drug-likeness (QED) is 0.768. The molecule has 71 valence electrons. The minimum Gasteiger partial charge on any atom is -0.366 e. The molecule has 0 heterocycles. The van der Waals surface area contributed by atoms with Crippen molar-refractivity contribution >= 4 is 5.91 Å². The second kappa shape index (κ2) is 11.8. The molecule has 0 atom stereocenters. The number of hydrogen-bond donors (Lipinski definition) is 1. The van der Waals surface area contributed by atoms with Crippen molar-refractivity contribution in [3.05, 3.63) is 43.3 Å². The molecule has 1 rings (SSSR count). The number of benzene rings is 1. The molecule has 1 aromatic carbocycles. The molecule has 0 fully saturated rings. The first-order valence-corrected chi connectivity index (χ1v) is 3.65. The summed E-state index contributed by atoms with van der Waals surface area (Å²) in [6.45, 7) is 4.00. The van der Waals surface area contributed by atoms with Crippen LogP contribution >= 0.6 is 0 Å². The van der Waals surface area contributed by atoms with Crippen LogP contribution in [0.5, 0.6) is 0 Å². The maximum absolute atomic E-state index is 10.4. The number of nitrogens with two attached hydrogens (primary N) is 1. The summed E-state index contributed by atoms with van der Waals surface area (Å²) in [5.41, 5.74) is 5.53. The molecule has 0 spiro atoms. The molecule has 1 amide bonds. The van der Waals surface area contributed by atoms with Gasteiger partial charge in [0.05, 0.1) is 0 Å². The molecule has 13 heavy (non-hydrogen) atoms. The number of amides is 1. The van der Waals surface area contributed by atoms with Crippen molar-refractivity contribution in [1.29, 1.82) is 0 Å². The zero-order valence-corrected chi connectivity index (χ0v) is 11.3. The first-order valence-electron chi connectivity index (χ1n) is 3.65. The molecule has 2 N–H and O–H groups in total. The standard InChI is InChI=1S/C7H7NO.C2H6.CH3.Y/c8-7(9)6-4-2-1-3-5-6;1-2;;/h1-5H,(H2,8,9);1-2H3;1H3;/q;;-1;. The molecule has 0 saturated heterocycles. The van der Waals surface area contributed by atoms with Gasteiger partial charge in [0.25, 0.3) is 0 Å². The Morgan fingerprint density at radius 1 is 1.15 bits per heavy atom. The molecule has 0 unspecified atom stereocenters. The Kier molecular flexibility index (Phi) is 16.8. The van der Waals surface area contributed by atoms with Gasteiger partial charge in [0.15, 0.2) is 0 Å². The fourth-order valence-electron chi connectivity index (χ4n) is 0.602. The molecule has 0 aliphatic rings. The first kappa shape index (κ1) is 18.6. The van der Waals surface area contributed by atoms with Crippen molar-refractivity contribution in [2.45, 2.75) is 13.8 Å². The van der Waals surface area contributed by atoms with E-state index in [-0.39, 0.29) is 46.0 Å². The Morgan fingerprint density at radius 3 is 1.77 bits per heavy atom. The van der Waals surface area contributed by atoms with Crippen LogP contribution in [0, 0.1) is 7.43 Å². The summed E-state index contributed by atoms with van der Waals surface area (Å²) in [6.07, 6.45) is 0. The van der Waals surface area contributed by atoms with E-state index in [2.05, 4.69) is 0 Å². The summed E-state index contributed by atoms with van der Waals surface area (Å²) in [5, 5.41) is 0. The van der Waals surface area contributed by atoms with Crippen LogP contribution in [0.15, 0.2) is 30.3 Å². The van der Waals surface area contributed by atoms with E-state index in [1.54, 1.807) is 24.3 Å². The number of rotatable bonds is 1. The van der Waals surface area contributed by atoms with Crippen molar-refractivity contribution < 1.29 is 37.5 Å². The van der Waals surface area contributed by atoms with E-state index in [0.29, 0.717) is 5.56 Å². The van der Waals surface area contributed by atoms with Crippen LogP contribution in [-0.2, 0) is 32.7 Å². The van der Waals surface area contributed by atoms with Gasteiger partial charge >= 0.3 is 0 Å². The van der Waals surface area contributed by atoms with Crippen molar-refractivity contribution in [1.82, 2.24) is 0 Å². The minimum atomic E-state index is -0.379. The predicted molar refractivity (Wildman–Crippen MR) is 52.7 cm³/mol. The largest absolute Gasteiger partial charge is 0.366 e. The van der Waals surface area contributed by atoms with Gasteiger partial charge in [-0.2, -0.15) is 0 Å². The van der Waals surface area contributed by atoms with Crippen molar-refractivity contribution in [2.24, 2.45) is 5.73 Å². The first-order chi connectivity index (χ1) is 5.30. The van der Waals surface area contributed by atoms with Crippen LogP contribution < -0.4 is 5.73 Å². The van der Waals surface area contributed by atoms with Gasteiger partial charge < -0.3 is 13.2 Å². The number of carbonyl (C=O) groups excluding carboxylic acids is 1. The van der Waals surface area contributed by atoms with E-state index in [9.17, 15) is 4.79 Å². The topological polar surface area (TPSA) is 43.1 Å². The van der Waals surface area contributed by atoms with Gasteiger partial charge in [-0.1, -0.05) is 32.0 Å². The van der Waals surface area contributed by atoms with Crippen molar-refractivity contribution in [2.75, 3.05) is 0 Å². The monoisotopic (exact) mass is 255 g/mol. The molecule has 1 radical (unpaired) electrons. The van der Waals surface area contributed by atoms with Gasteiger partial charge in [0, 0.05) is 38.3 Å². The Hall–Kier alpha value is -0.206. The van der Waals surface area contributed by atoms with Crippen molar-refractivity contribution in [3.63, 3.8) is 0 Å². The van der Waals surface area contributed by atoms with Crippen LogP contribution in [0.4, 0.5) is 0 Å². The van der Waals surface area contributed by atoms with Crippen LogP contribution in [-0.4, -0.2) is 5.91 Å². The van der Waals surface area contributed by atoms with Gasteiger partial charge in [0.1, 0.15) is 0 Å². The Bertz CT molecular complexity index is 211. The SMILES string of the molecule is CC.NC(=O)c1ccccc1.[CH3-].[Y]. The van der Waals surface area contributed by atoms with Gasteiger partial charge in [-0.15, -0.1) is 0 Å². The van der Waals surface area contributed by atoms with E-state index in [0.717, 1.165) is 0 Å². The van der Waals surface area contributed by atoms with Gasteiger partial charge in [-0.25, -0.2) is 0 Å². The van der Waals surface area contributed by atoms with Gasteiger partial charge in [-0.3, -0.25) is 4.79 Å². The maximum Gasteiger partial charge on any atom is 0.248 e. The van der Waals surface area contributed by atoms with E-state index < -0.39 is 0 Å². The van der Waals surface area contributed by atoms with E-state index >= 15 is 0 Å². The zero-order chi connectivity index (χ0) is 8.69. The minimum absolute atomic E-state index is 0. The molecule has 0 aliphatic carbocycles. The summed E-state index contributed by atoms with van der Waals surface area (Å²) in [4.78, 5) is 10.4. The number of primary amides is 1. The predicted octanol–water partition coefficient (Wildman–Crippen LogP) is 2.26. The molecule has 3 heteroatoms. The summed E-state index contributed by atoms with van der Waals surface area (Å²) in [5.74, 6) is -0.379. The summed E-state index contributed by atoms with van der Waals surface area (Å²) in [7, 11) is 0. The average molecular weight is 255 g/mol. The van der Waals surface area contributed by atoms with Crippen LogP contribution in [0.25, 0.3) is 0 Å². The number of carbonyl (C=O) groups is 1. The Balaban J connectivity index is -0.000000234. The fraction of sp³-hybridized carbons (Fsp3) is 0.200. The Labute approximate surface area is 106 Å². The molecular weight excluding hydrogens is 239 g/mol. The summed E-state index contributed by atoms with van der Waals surface area (Å²) in [6, 6.07) is 8.76. The average Bonchev–Trinajstić information content (AvgIpc) is 2.10. The summed E-state index contributed by atoms with van der Waals surface area (Å²) >= 11 is 0. The second-order valence-corrected chi connectivity index (χ2v) is 1.73. The fourth-order valence-corrected chi connectivity index (χ4v) is 0.602. The maximum atomic E-state index is 10.4. The molecule has 0 saturated carbocycles. The van der Waals surface area contributed by atoms with E-state index in [4.69, 9.17) is 5.73 Å². The normalized spacial score (nSPS) is 6.62. The molecule has 0 bridgehead atoms. The zero-order valence-electron chi connectivity index (χ0n) is 8.45. The molecule has 0 aliphatic heterocycles. The Morgan fingerprint density at radius 2 is 1.54 bits per heavy atom. The van der Waals surface area contributed by atoms with Crippen LogP contribution in [0.1, 0.15) is 24.2 Å². The second-order valence-electron chi connectivity index (χ2n) is 1.73.